The Morgan fingerprint density at radius 1 is 0.500 bits per heavy atom. The minimum absolute atomic E-state index is 0.613. The third-order valence-electron chi connectivity index (χ3n) is 10.2. The van der Waals surface area contributed by atoms with E-state index in [1.165, 1.54) is 30.9 Å². The van der Waals surface area contributed by atoms with Gasteiger partial charge in [-0.3, -0.25) is 0 Å². The summed E-state index contributed by atoms with van der Waals surface area (Å²) >= 11 is 1.84. The van der Waals surface area contributed by atoms with Gasteiger partial charge in [0.15, 0.2) is 23.1 Å². The second-order valence-electron chi connectivity index (χ2n) is 13.2. The molecule has 0 bridgehead atoms. The molecule has 6 heteroatoms. The lowest BCUT2D eigenvalue weighted by Crippen LogP contribution is -2.03. The third-order valence-corrected chi connectivity index (χ3v) is 11.3. The van der Waals surface area contributed by atoms with Crippen LogP contribution in [0.25, 0.3) is 104 Å². The summed E-state index contributed by atoms with van der Waals surface area (Å²) < 4.78 is 11.8. The van der Waals surface area contributed by atoms with Gasteiger partial charge in [-0.25, -0.2) is 15.0 Å². The highest BCUT2D eigenvalue weighted by Gasteiger charge is 2.25. The van der Waals surface area contributed by atoms with Gasteiger partial charge in [0.05, 0.1) is 16.7 Å². The zero-order chi connectivity index (χ0) is 34.3. The fraction of sp³-hybridized carbons (Fsp3) is 0.0217. The summed E-state index contributed by atoms with van der Waals surface area (Å²) in [6.45, 7) is 2.16. The molecular weight excluding hydrogens is 657 g/mol. The smallest absolute Gasteiger partial charge is 0.165 e. The van der Waals surface area contributed by atoms with Gasteiger partial charge in [-0.2, -0.15) is 0 Å². The molecule has 4 heterocycles. The molecule has 11 aromatic rings. The normalized spacial score (nSPS) is 11.9. The maximum absolute atomic E-state index is 6.90. The number of para-hydroxylation sites is 2. The molecule has 0 saturated heterocycles. The van der Waals surface area contributed by atoms with E-state index in [1.807, 2.05) is 84.1 Å². The molecule has 52 heavy (non-hydrogen) atoms. The summed E-state index contributed by atoms with van der Waals surface area (Å²) in [5.74, 6) is 1.87. The van der Waals surface area contributed by atoms with Crippen LogP contribution in [-0.2, 0) is 0 Å². The number of thiophene rings is 1. The van der Waals surface area contributed by atoms with Crippen molar-refractivity contribution in [2.45, 2.75) is 6.92 Å². The van der Waals surface area contributed by atoms with Crippen molar-refractivity contribution in [3.63, 3.8) is 0 Å². The Morgan fingerprint density at radius 2 is 1.12 bits per heavy atom. The first kappa shape index (κ1) is 29.1. The minimum atomic E-state index is 0.613. The van der Waals surface area contributed by atoms with Crippen LogP contribution in [0.2, 0.25) is 0 Å². The van der Waals surface area contributed by atoms with Crippen molar-refractivity contribution in [3.8, 4) is 39.9 Å². The quantitative estimate of drug-likeness (QED) is 0.185. The molecule has 4 aromatic heterocycles. The lowest BCUT2D eigenvalue weighted by Gasteiger charge is -2.15. The Bertz CT molecular complexity index is 3140. The van der Waals surface area contributed by atoms with Crippen LogP contribution in [-0.4, -0.2) is 19.5 Å². The number of nitrogens with zero attached hydrogens (tertiary/aromatic N) is 4. The topological polar surface area (TPSA) is 56.7 Å². The fourth-order valence-electron chi connectivity index (χ4n) is 7.84. The highest BCUT2D eigenvalue weighted by molar-refractivity contribution is 7.25. The first-order valence-corrected chi connectivity index (χ1v) is 18.2. The van der Waals surface area contributed by atoms with Gasteiger partial charge in [0.25, 0.3) is 0 Å². The maximum Gasteiger partial charge on any atom is 0.165 e. The van der Waals surface area contributed by atoms with E-state index in [9.17, 15) is 0 Å². The van der Waals surface area contributed by atoms with Crippen molar-refractivity contribution >= 4 is 75.3 Å². The number of hydrogen-bond donors (Lipinski definition) is 0. The van der Waals surface area contributed by atoms with Crippen LogP contribution in [0.3, 0.4) is 0 Å². The van der Waals surface area contributed by atoms with Crippen LogP contribution >= 0.6 is 11.3 Å². The zero-order valence-corrected chi connectivity index (χ0v) is 28.9. The number of furan rings is 1. The molecule has 0 unspecified atom stereocenters. The monoisotopic (exact) mass is 684 g/mol. The lowest BCUT2D eigenvalue weighted by molar-refractivity contribution is 0.666. The number of benzene rings is 7. The number of fused-ring (bicyclic) bond motifs is 9. The van der Waals surface area contributed by atoms with Crippen molar-refractivity contribution in [1.82, 2.24) is 19.5 Å². The van der Waals surface area contributed by atoms with Gasteiger partial charge in [-0.05, 0) is 48.9 Å². The van der Waals surface area contributed by atoms with E-state index in [4.69, 9.17) is 19.4 Å². The summed E-state index contributed by atoms with van der Waals surface area (Å²) in [5, 5.41) is 7.02. The Morgan fingerprint density at radius 3 is 1.87 bits per heavy atom. The lowest BCUT2D eigenvalue weighted by atomic mass is 9.99. The van der Waals surface area contributed by atoms with Gasteiger partial charge in [-0.1, -0.05) is 115 Å². The van der Waals surface area contributed by atoms with E-state index < -0.39 is 0 Å². The average molecular weight is 685 g/mol. The standard InChI is InChI=1S/C46H28N4OS/c1-27-24-37(50-35-21-11-8-18-30(35)33-25-34-31-19-10-13-23-39(31)52-40(34)26-36(33)50)43-42(32-20-9-12-22-38(32)51-43)41(27)46-48-44(28-14-4-2-5-15-28)47-45(49-46)29-16-6-3-7-17-29/h2-26H,1H3. The van der Waals surface area contributed by atoms with Gasteiger partial charge in [-0.15, -0.1) is 11.3 Å². The highest BCUT2D eigenvalue weighted by Crippen LogP contribution is 2.45. The van der Waals surface area contributed by atoms with Crippen LogP contribution in [0.4, 0.5) is 0 Å². The number of rotatable bonds is 4. The largest absolute Gasteiger partial charge is 0.454 e. The maximum atomic E-state index is 6.90. The molecule has 0 aliphatic heterocycles. The average Bonchev–Trinajstić information content (AvgIpc) is 3.87. The Labute approximate surface area is 302 Å². The van der Waals surface area contributed by atoms with Crippen LogP contribution in [0.5, 0.6) is 0 Å². The highest BCUT2D eigenvalue weighted by atomic mass is 32.1. The molecule has 0 aliphatic carbocycles. The predicted octanol–water partition coefficient (Wildman–Crippen LogP) is 12.5. The second-order valence-corrected chi connectivity index (χ2v) is 14.3. The van der Waals surface area contributed by atoms with E-state index >= 15 is 0 Å². The summed E-state index contributed by atoms with van der Waals surface area (Å²) in [5.41, 5.74) is 8.73. The molecule has 7 aromatic carbocycles. The molecule has 244 valence electrons. The van der Waals surface area contributed by atoms with Gasteiger partial charge in [0.2, 0.25) is 0 Å². The van der Waals surface area contributed by atoms with Crippen LogP contribution in [0.1, 0.15) is 5.56 Å². The van der Waals surface area contributed by atoms with Crippen molar-refractivity contribution in [2.24, 2.45) is 0 Å². The van der Waals surface area contributed by atoms with Crippen molar-refractivity contribution < 1.29 is 4.42 Å². The predicted molar refractivity (Wildman–Crippen MR) is 215 cm³/mol. The zero-order valence-electron chi connectivity index (χ0n) is 28.0. The van der Waals surface area contributed by atoms with Crippen LogP contribution in [0.15, 0.2) is 156 Å². The Kier molecular flexibility index (Phi) is 6.27. The number of hydrogen-bond acceptors (Lipinski definition) is 5. The molecule has 0 atom stereocenters. The number of aromatic nitrogens is 4. The van der Waals surface area contributed by atoms with Crippen LogP contribution < -0.4 is 0 Å². The summed E-state index contributed by atoms with van der Waals surface area (Å²) in [4.78, 5) is 15.3. The van der Waals surface area contributed by atoms with E-state index in [1.54, 1.807) is 0 Å². The molecule has 0 fully saturated rings. The molecule has 11 rings (SSSR count). The van der Waals surface area contributed by atoms with E-state index in [-0.39, 0.29) is 0 Å². The van der Waals surface area contributed by atoms with Gasteiger partial charge < -0.3 is 8.98 Å². The molecule has 0 spiro atoms. The number of aryl methyl sites for hydroxylation is 1. The Hall–Kier alpha value is -6.63. The second kappa shape index (κ2) is 11.2. The SMILES string of the molecule is Cc1cc(-n2c3ccccc3c3cc4c(cc32)sc2ccccc24)c2oc3ccccc3c2c1-c1nc(-c2ccccc2)nc(-c2ccccc2)n1. The van der Waals surface area contributed by atoms with Crippen molar-refractivity contribution in [2.75, 3.05) is 0 Å². The molecular formula is C46H28N4OS. The van der Waals surface area contributed by atoms with Crippen LogP contribution in [0, 0.1) is 6.92 Å². The van der Waals surface area contributed by atoms with Gasteiger partial charge >= 0.3 is 0 Å². The molecule has 0 saturated carbocycles. The minimum Gasteiger partial charge on any atom is -0.454 e. The van der Waals surface area contributed by atoms with E-state index in [0.29, 0.717) is 17.5 Å². The van der Waals surface area contributed by atoms with Crippen molar-refractivity contribution in [3.05, 3.63) is 157 Å². The fourth-order valence-corrected chi connectivity index (χ4v) is 8.96. The van der Waals surface area contributed by atoms with Gasteiger partial charge in [0.1, 0.15) is 5.58 Å². The third kappa shape index (κ3) is 4.31. The molecule has 0 amide bonds. The van der Waals surface area contributed by atoms with Gasteiger partial charge in [0, 0.05) is 58.4 Å². The van der Waals surface area contributed by atoms with E-state index in [2.05, 4.69) is 90.4 Å². The molecule has 0 N–H and O–H groups in total. The molecule has 5 nitrogen and oxygen atoms in total. The molecule has 0 radical (unpaired) electrons. The molecule has 0 aliphatic rings. The summed E-state index contributed by atoms with van der Waals surface area (Å²) in [7, 11) is 0. The van der Waals surface area contributed by atoms with Crippen molar-refractivity contribution in [1.29, 1.82) is 0 Å². The summed E-state index contributed by atoms with van der Waals surface area (Å²) in [6, 6.07) is 52.9. The first-order chi connectivity index (χ1) is 25.7. The Balaban J connectivity index is 1.25. The van der Waals surface area contributed by atoms with E-state index in [0.717, 1.165) is 60.9 Å². The first-order valence-electron chi connectivity index (χ1n) is 17.4. The summed E-state index contributed by atoms with van der Waals surface area (Å²) in [6.07, 6.45) is 0.